The van der Waals surface area contributed by atoms with Crippen LogP contribution in [0, 0.1) is 19.8 Å². The van der Waals surface area contributed by atoms with Crippen LogP contribution in [0.25, 0.3) is 0 Å². The van der Waals surface area contributed by atoms with Crippen LogP contribution in [0.15, 0.2) is 42.5 Å². The second-order valence-corrected chi connectivity index (χ2v) is 10.7. The number of aryl methyl sites for hydroxylation is 2. The van der Waals surface area contributed by atoms with Crippen LogP contribution in [0.1, 0.15) is 55.2 Å². The largest absolute Gasteiger partial charge is 0.352 e. The van der Waals surface area contributed by atoms with Gasteiger partial charge in [0.15, 0.2) is 0 Å². The summed E-state index contributed by atoms with van der Waals surface area (Å²) in [4.78, 5) is 54.8. The molecule has 1 saturated heterocycles. The van der Waals surface area contributed by atoms with Crippen molar-refractivity contribution in [2.45, 2.75) is 65.0 Å². The van der Waals surface area contributed by atoms with Crippen molar-refractivity contribution >= 4 is 41.0 Å². The third-order valence-corrected chi connectivity index (χ3v) is 7.61. The van der Waals surface area contributed by atoms with Crippen molar-refractivity contribution in [1.82, 2.24) is 15.1 Å². The van der Waals surface area contributed by atoms with Gasteiger partial charge in [0.1, 0.15) is 6.54 Å². The van der Waals surface area contributed by atoms with Gasteiger partial charge in [0.2, 0.25) is 17.7 Å². The maximum absolute atomic E-state index is 13.4. The lowest BCUT2D eigenvalue weighted by atomic mass is 9.81. The number of amides is 5. The summed E-state index contributed by atoms with van der Waals surface area (Å²) in [6, 6.07) is 12.4. The smallest absolute Gasteiger partial charge is 0.327 e. The predicted molar refractivity (Wildman–Crippen MR) is 147 cm³/mol. The van der Waals surface area contributed by atoms with E-state index < -0.39 is 6.03 Å². The number of rotatable bonds is 9. The first-order valence-electron chi connectivity index (χ1n) is 13.2. The minimum Gasteiger partial charge on any atom is -0.352 e. The second-order valence-electron chi connectivity index (χ2n) is 10.2. The van der Waals surface area contributed by atoms with Crippen LogP contribution >= 0.6 is 11.6 Å². The topological polar surface area (TPSA) is 98.8 Å². The molecule has 1 heterocycles. The third kappa shape index (κ3) is 6.72. The van der Waals surface area contributed by atoms with Gasteiger partial charge in [0.25, 0.3) is 0 Å². The summed E-state index contributed by atoms with van der Waals surface area (Å²) in [6.45, 7) is 4.30. The highest BCUT2D eigenvalue weighted by Gasteiger charge is 2.47. The van der Waals surface area contributed by atoms with Crippen molar-refractivity contribution in [2.24, 2.45) is 5.92 Å². The van der Waals surface area contributed by atoms with E-state index in [2.05, 4.69) is 10.6 Å². The zero-order chi connectivity index (χ0) is 27.2. The van der Waals surface area contributed by atoms with Gasteiger partial charge in [0.05, 0.1) is 5.92 Å². The van der Waals surface area contributed by atoms with Crippen molar-refractivity contribution < 1.29 is 19.2 Å². The Morgan fingerprint density at radius 2 is 1.74 bits per heavy atom. The van der Waals surface area contributed by atoms with Crippen LogP contribution in [-0.4, -0.2) is 52.7 Å². The second kappa shape index (κ2) is 12.4. The first kappa shape index (κ1) is 27.6. The highest BCUT2D eigenvalue weighted by atomic mass is 35.5. The van der Waals surface area contributed by atoms with Crippen molar-refractivity contribution in [3.63, 3.8) is 0 Å². The summed E-state index contributed by atoms with van der Waals surface area (Å²) in [5.74, 6) is -0.983. The summed E-state index contributed by atoms with van der Waals surface area (Å²) in [6.07, 6.45) is 3.77. The van der Waals surface area contributed by atoms with Crippen molar-refractivity contribution in [3.8, 4) is 0 Å². The van der Waals surface area contributed by atoms with Crippen molar-refractivity contribution in [1.29, 1.82) is 0 Å². The zero-order valence-corrected chi connectivity index (χ0v) is 22.7. The number of hydrogen-bond acceptors (Lipinski definition) is 4. The molecule has 1 aliphatic carbocycles. The molecule has 2 aromatic rings. The van der Waals surface area contributed by atoms with Gasteiger partial charge in [-0.3, -0.25) is 19.3 Å². The molecule has 2 atom stereocenters. The molecule has 2 aromatic carbocycles. The van der Waals surface area contributed by atoms with Crippen LogP contribution in [0.5, 0.6) is 0 Å². The number of benzene rings is 2. The van der Waals surface area contributed by atoms with Crippen LogP contribution < -0.4 is 10.6 Å². The highest BCUT2D eigenvalue weighted by Crippen LogP contribution is 2.34. The van der Waals surface area contributed by atoms with Gasteiger partial charge in [-0.2, -0.15) is 0 Å². The zero-order valence-electron chi connectivity index (χ0n) is 22.0. The summed E-state index contributed by atoms with van der Waals surface area (Å²) in [5, 5.41) is 6.25. The Hall–Kier alpha value is -3.39. The Bertz CT molecular complexity index is 1200. The molecule has 0 spiro atoms. The third-order valence-electron chi connectivity index (χ3n) is 7.37. The molecule has 2 N–H and O–H groups in total. The van der Waals surface area contributed by atoms with E-state index in [1.54, 1.807) is 12.1 Å². The lowest BCUT2D eigenvalue weighted by Crippen LogP contribution is -2.63. The Labute approximate surface area is 228 Å². The average Bonchev–Trinajstić information content (AvgIpc) is 2.90. The van der Waals surface area contributed by atoms with E-state index in [-0.39, 0.29) is 49.2 Å². The van der Waals surface area contributed by atoms with Crippen LogP contribution in [0.4, 0.5) is 10.5 Å². The molecular formula is C29H35ClN4O4. The van der Waals surface area contributed by atoms with Gasteiger partial charge < -0.3 is 15.5 Å². The normalized spacial score (nSPS) is 19.2. The number of carbonyl (C=O) groups excluding carboxylic acids is 4. The molecule has 9 heteroatoms. The molecule has 2 unspecified atom stereocenters. The number of imide groups is 1. The molecule has 202 valence electrons. The predicted octanol–water partition coefficient (Wildman–Crippen LogP) is 4.81. The van der Waals surface area contributed by atoms with Crippen molar-refractivity contribution in [3.05, 3.63) is 64.2 Å². The number of hydrogen-bond donors (Lipinski definition) is 2. The van der Waals surface area contributed by atoms with Crippen LogP contribution in [0.3, 0.4) is 0 Å². The van der Waals surface area contributed by atoms with Crippen LogP contribution in [-0.2, 0) is 20.9 Å². The Morgan fingerprint density at radius 1 is 1.00 bits per heavy atom. The molecular weight excluding hydrogens is 504 g/mol. The number of carbonyl (C=O) groups is 4. The number of anilines is 1. The lowest BCUT2D eigenvalue weighted by molar-refractivity contribution is -0.142. The van der Waals surface area contributed by atoms with E-state index in [0.29, 0.717) is 36.5 Å². The van der Waals surface area contributed by atoms with E-state index >= 15 is 0 Å². The molecule has 1 aliphatic heterocycles. The molecule has 2 fully saturated rings. The molecule has 4 rings (SSSR count). The van der Waals surface area contributed by atoms with Gasteiger partial charge in [-0.05, 0) is 56.4 Å². The number of urea groups is 1. The fourth-order valence-electron chi connectivity index (χ4n) is 5.22. The van der Waals surface area contributed by atoms with E-state index in [9.17, 15) is 19.2 Å². The molecule has 0 bridgehead atoms. The molecule has 5 amide bonds. The molecule has 0 radical (unpaired) electrons. The molecule has 2 aliphatic rings. The first-order valence-corrected chi connectivity index (χ1v) is 13.6. The van der Waals surface area contributed by atoms with Gasteiger partial charge in [-0.1, -0.05) is 60.3 Å². The van der Waals surface area contributed by atoms with Gasteiger partial charge in [0, 0.05) is 36.3 Å². The Morgan fingerprint density at radius 3 is 2.50 bits per heavy atom. The quantitative estimate of drug-likeness (QED) is 0.478. The maximum atomic E-state index is 13.4. The summed E-state index contributed by atoms with van der Waals surface area (Å²) < 4.78 is 0. The fourth-order valence-corrected chi connectivity index (χ4v) is 5.39. The SMILES string of the molecule is Cc1ccc(CNC(=O)CCCN2C(=O)C3CCCCC3N(CC(=O)Nc3cc(Cl)ccc3C)C2=O)cc1. The molecule has 38 heavy (non-hydrogen) atoms. The van der Waals surface area contributed by atoms with Gasteiger partial charge in [-0.15, -0.1) is 0 Å². The number of fused-ring (bicyclic) bond motifs is 1. The van der Waals surface area contributed by atoms with Crippen LogP contribution in [0.2, 0.25) is 5.02 Å². The fraction of sp³-hybridized carbons (Fsp3) is 0.448. The van der Waals surface area contributed by atoms with Gasteiger partial charge in [-0.25, -0.2) is 4.79 Å². The van der Waals surface area contributed by atoms with E-state index in [1.165, 1.54) is 9.80 Å². The lowest BCUT2D eigenvalue weighted by Gasteiger charge is -2.46. The minimum atomic E-state index is -0.462. The highest BCUT2D eigenvalue weighted by molar-refractivity contribution is 6.31. The Kier molecular flexibility index (Phi) is 9.05. The average molecular weight is 539 g/mol. The molecule has 1 saturated carbocycles. The van der Waals surface area contributed by atoms with E-state index in [1.807, 2.05) is 44.2 Å². The molecule has 8 nitrogen and oxygen atoms in total. The Balaban J connectivity index is 1.36. The maximum Gasteiger partial charge on any atom is 0.327 e. The van der Waals surface area contributed by atoms with E-state index in [4.69, 9.17) is 11.6 Å². The summed E-state index contributed by atoms with van der Waals surface area (Å²) in [7, 11) is 0. The standard InChI is InChI=1S/C29H35ClN4O4/c1-19-9-12-21(13-10-19)17-31-26(35)8-5-15-33-28(37)23-6-3-4-7-25(23)34(29(33)38)18-27(36)32-24-16-22(30)14-11-20(24)2/h9-14,16,23,25H,3-8,15,17-18H2,1-2H3,(H,31,35)(H,32,36). The van der Waals surface area contributed by atoms with E-state index in [0.717, 1.165) is 29.5 Å². The van der Waals surface area contributed by atoms with Crippen molar-refractivity contribution in [2.75, 3.05) is 18.4 Å². The van der Waals surface area contributed by atoms with Gasteiger partial charge >= 0.3 is 6.03 Å². The number of halogens is 1. The summed E-state index contributed by atoms with van der Waals surface area (Å²) in [5.41, 5.74) is 3.62. The molecule has 0 aromatic heterocycles. The first-order chi connectivity index (χ1) is 18.2. The minimum absolute atomic E-state index is 0.133. The number of nitrogens with zero attached hydrogens (tertiary/aromatic N) is 2. The number of nitrogens with one attached hydrogen (secondary N) is 2. The monoisotopic (exact) mass is 538 g/mol. The summed E-state index contributed by atoms with van der Waals surface area (Å²) >= 11 is 6.08.